The molecule has 162 valence electrons. The predicted molar refractivity (Wildman–Crippen MR) is 121 cm³/mol. The SMILES string of the molecule is COc1ccc(/C=C\C(=O)Oc2cccc(/C=N/NC(=O)[C@@H](O)c3ccccc3)c2)cc1. The van der Waals surface area contributed by atoms with E-state index in [0.717, 1.165) is 11.3 Å². The average Bonchev–Trinajstić information content (AvgIpc) is 2.83. The fourth-order valence-electron chi connectivity index (χ4n) is 2.71. The third-order valence-electron chi connectivity index (χ3n) is 4.36. The number of aliphatic hydroxyl groups excluding tert-OH is 1. The maximum absolute atomic E-state index is 12.1. The van der Waals surface area contributed by atoms with Gasteiger partial charge in [0.15, 0.2) is 6.10 Å². The van der Waals surface area contributed by atoms with Gasteiger partial charge in [0.1, 0.15) is 11.5 Å². The van der Waals surface area contributed by atoms with Crippen LogP contribution in [-0.4, -0.2) is 30.3 Å². The molecular weight excluding hydrogens is 408 g/mol. The Morgan fingerprint density at radius 3 is 2.41 bits per heavy atom. The van der Waals surface area contributed by atoms with Crippen LogP contribution in [0.3, 0.4) is 0 Å². The molecule has 7 heteroatoms. The van der Waals surface area contributed by atoms with Crippen molar-refractivity contribution in [2.45, 2.75) is 6.10 Å². The summed E-state index contributed by atoms with van der Waals surface area (Å²) in [7, 11) is 1.59. The van der Waals surface area contributed by atoms with Crippen LogP contribution in [0.4, 0.5) is 0 Å². The molecular formula is C25H22N2O5. The summed E-state index contributed by atoms with van der Waals surface area (Å²) < 4.78 is 10.4. The first-order valence-corrected chi connectivity index (χ1v) is 9.75. The van der Waals surface area contributed by atoms with E-state index in [9.17, 15) is 14.7 Å². The lowest BCUT2D eigenvalue weighted by Gasteiger charge is -2.08. The van der Waals surface area contributed by atoms with Gasteiger partial charge in [-0.05, 0) is 47.0 Å². The number of rotatable bonds is 8. The average molecular weight is 430 g/mol. The van der Waals surface area contributed by atoms with E-state index in [2.05, 4.69) is 10.5 Å². The molecule has 0 radical (unpaired) electrons. The summed E-state index contributed by atoms with van der Waals surface area (Å²) in [6.07, 6.45) is 3.03. The third kappa shape index (κ3) is 6.65. The number of nitrogens with zero attached hydrogens (tertiary/aromatic N) is 1. The number of carbonyl (C=O) groups excluding carboxylic acids is 2. The summed E-state index contributed by atoms with van der Waals surface area (Å²) in [6.45, 7) is 0. The molecule has 0 aliphatic carbocycles. The number of benzene rings is 3. The van der Waals surface area contributed by atoms with Crippen molar-refractivity contribution >= 4 is 24.2 Å². The van der Waals surface area contributed by atoms with E-state index < -0.39 is 18.0 Å². The van der Waals surface area contributed by atoms with Gasteiger partial charge in [0.05, 0.1) is 13.3 Å². The molecule has 3 aromatic carbocycles. The Morgan fingerprint density at radius 2 is 1.69 bits per heavy atom. The van der Waals surface area contributed by atoms with Crippen LogP contribution < -0.4 is 14.9 Å². The molecule has 0 bridgehead atoms. The smallest absolute Gasteiger partial charge is 0.336 e. The van der Waals surface area contributed by atoms with Crippen LogP contribution in [0.25, 0.3) is 6.08 Å². The van der Waals surface area contributed by atoms with Crippen molar-refractivity contribution < 1.29 is 24.2 Å². The van der Waals surface area contributed by atoms with E-state index in [0.29, 0.717) is 16.9 Å². The Morgan fingerprint density at radius 1 is 0.938 bits per heavy atom. The van der Waals surface area contributed by atoms with Gasteiger partial charge >= 0.3 is 5.97 Å². The van der Waals surface area contributed by atoms with Crippen molar-refractivity contribution in [3.63, 3.8) is 0 Å². The number of carbonyl (C=O) groups is 2. The van der Waals surface area contributed by atoms with Crippen molar-refractivity contribution in [1.29, 1.82) is 0 Å². The van der Waals surface area contributed by atoms with Crippen molar-refractivity contribution in [2.75, 3.05) is 7.11 Å². The Hall–Kier alpha value is -4.23. The molecule has 0 aliphatic rings. The van der Waals surface area contributed by atoms with Gasteiger partial charge in [-0.15, -0.1) is 0 Å². The molecule has 0 fully saturated rings. The lowest BCUT2D eigenvalue weighted by Crippen LogP contribution is -2.25. The van der Waals surface area contributed by atoms with Crippen LogP contribution in [0.15, 0.2) is 90.0 Å². The highest BCUT2D eigenvalue weighted by molar-refractivity contribution is 5.89. The fourth-order valence-corrected chi connectivity index (χ4v) is 2.71. The maximum Gasteiger partial charge on any atom is 0.336 e. The Balaban J connectivity index is 1.54. The van der Waals surface area contributed by atoms with E-state index in [-0.39, 0.29) is 0 Å². The van der Waals surface area contributed by atoms with Gasteiger partial charge in [-0.1, -0.05) is 54.6 Å². The maximum atomic E-state index is 12.1. The molecule has 32 heavy (non-hydrogen) atoms. The molecule has 2 N–H and O–H groups in total. The molecule has 0 unspecified atom stereocenters. The number of hydrazone groups is 1. The second kappa shape index (κ2) is 11.2. The van der Waals surface area contributed by atoms with Crippen LogP contribution in [0.2, 0.25) is 0 Å². The van der Waals surface area contributed by atoms with Crippen molar-refractivity contribution in [2.24, 2.45) is 5.10 Å². The molecule has 0 aromatic heterocycles. The molecule has 0 heterocycles. The minimum Gasteiger partial charge on any atom is -0.497 e. The Bertz CT molecular complexity index is 1110. The summed E-state index contributed by atoms with van der Waals surface area (Å²) in [4.78, 5) is 24.1. The van der Waals surface area contributed by atoms with Crippen molar-refractivity contribution in [3.05, 3.63) is 102 Å². The molecule has 7 nitrogen and oxygen atoms in total. The molecule has 1 atom stereocenters. The molecule has 1 amide bonds. The number of hydrogen-bond donors (Lipinski definition) is 2. The van der Waals surface area contributed by atoms with Gasteiger partial charge in [0, 0.05) is 6.08 Å². The first-order valence-electron chi connectivity index (χ1n) is 9.75. The van der Waals surface area contributed by atoms with E-state index in [1.54, 1.807) is 79.9 Å². The highest BCUT2D eigenvalue weighted by Crippen LogP contribution is 2.15. The number of esters is 1. The van der Waals surface area contributed by atoms with E-state index in [1.165, 1.54) is 12.3 Å². The Kier molecular flexibility index (Phi) is 7.89. The summed E-state index contributed by atoms with van der Waals surface area (Å²) in [5.41, 5.74) is 4.19. The van der Waals surface area contributed by atoms with Gasteiger partial charge in [0.25, 0.3) is 5.91 Å². The zero-order valence-electron chi connectivity index (χ0n) is 17.3. The molecule has 3 rings (SSSR count). The van der Waals surface area contributed by atoms with Crippen LogP contribution in [0.5, 0.6) is 11.5 Å². The monoisotopic (exact) mass is 430 g/mol. The highest BCUT2D eigenvalue weighted by Gasteiger charge is 2.15. The van der Waals surface area contributed by atoms with Gasteiger partial charge in [-0.3, -0.25) is 4.79 Å². The lowest BCUT2D eigenvalue weighted by molar-refractivity contribution is -0.130. The third-order valence-corrected chi connectivity index (χ3v) is 4.36. The second-order valence-corrected chi connectivity index (χ2v) is 6.65. The van der Waals surface area contributed by atoms with Gasteiger partial charge in [-0.2, -0.15) is 5.10 Å². The zero-order chi connectivity index (χ0) is 22.8. The first kappa shape index (κ1) is 22.5. The van der Waals surface area contributed by atoms with Gasteiger partial charge in [0.2, 0.25) is 0 Å². The molecule has 0 saturated carbocycles. The summed E-state index contributed by atoms with van der Waals surface area (Å²) in [5, 5.41) is 13.9. The fraction of sp³-hybridized carbons (Fsp3) is 0.0800. The number of aliphatic hydroxyl groups is 1. The minimum absolute atomic E-state index is 0.328. The molecule has 0 saturated heterocycles. The van der Waals surface area contributed by atoms with Crippen LogP contribution in [0.1, 0.15) is 22.8 Å². The molecule has 0 spiro atoms. The van der Waals surface area contributed by atoms with Gasteiger partial charge < -0.3 is 14.6 Å². The van der Waals surface area contributed by atoms with Crippen LogP contribution in [-0.2, 0) is 9.59 Å². The van der Waals surface area contributed by atoms with E-state index in [1.807, 2.05) is 12.1 Å². The van der Waals surface area contributed by atoms with Gasteiger partial charge in [-0.25, -0.2) is 10.2 Å². The molecule has 0 aliphatic heterocycles. The van der Waals surface area contributed by atoms with E-state index in [4.69, 9.17) is 9.47 Å². The standard InChI is InChI=1S/C25H22N2O5/c1-31-21-13-10-18(11-14-21)12-15-23(28)32-22-9-5-6-19(16-22)17-26-27-25(30)24(29)20-7-3-2-4-8-20/h2-17,24,29H,1H3,(H,27,30)/b15-12-,26-17+/t24-/m0/s1. The highest BCUT2D eigenvalue weighted by atomic mass is 16.5. The normalized spacial score (nSPS) is 11.9. The number of hydrogen-bond acceptors (Lipinski definition) is 6. The minimum atomic E-state index is -1.32. The molecule has 3 aromatic rings. The van der Waals surface area contributed by atoms with Crippen molar-refractivity contribution in [3.8, 4) is 11.5 Å². The largest absolute Gasteiger partial charge is 0.497 e. The quantitative estimate of drug-likeness (QED) is 0.187. The lowest BCUT2D eigenvalue weighted by atomic mass is 10.1. The second-order valence-electron chi connectivity index (χ2n) is 6.65. The van der Waals surface area contributed by atoms with Crippen LogP contribution in [0, 0.1) is 0 Å². The van der Waals surface area contributed by atoms with Crippen LogP contribution >= 0.6 is 0 Å². The number of amides is 1. The van der Waals surface area contributed by atoms with Crippen molar-refractivity contribution in [1.82, 2.24) is 5.43 Å². The first-order chi connectivity index (χ1) is 15.5. The zero-order valence-corrected chi connectivity index (χ0v) is 17.3. The number of methoxy groups -OCH3 is 1. The summed E-state index contributed by atoms with van der Waals surface area (Å²) in [6, 6.07) is 22.4. The topological polar surface area (TPSA) is 97.2 Å². The number of nitrogens with one attached hydrogen (secondary N) is 1. The number of ether oxygens (including phenoxy) is 2. The van der Waals surface area contributed by atoms with E-state index >= 15 is 0 Å². The predicted octanol–water partition coefficient (Wildman–Crippen LogP) is 3.50. The summed E-state index contributed by atoms with van der Waals surface area (Å²) >= 11 is 0. The Labute approximate surface area is 185 Å². The summed E-state index contributed by atoms with van der Waals surface area (Å²) in [5.74, 6) is -0.129.